The van der Waals surface area contributed by atoms with E-state index in [1.54, 1.807) is 12.4 Å². The minimum Gasteiger partial charge on any atom is -0.490 e. The highest BCUT2D eigenvalue weighted by molar-refractivity contribution is 5.78. The summed E-state index contributed by atoms with van der Waals surface area (Å²) in [5, 5.41) is 7.26. The quantitative estimate of drug-likeness (QED) is 0.644. The zero-order valence-electron chi connectivity index (χ0n) is 15.1. The average Bonchev–Trinajstić information content (AvgIpc) is 2.83. The number of carbonyl (C=O) groups is 2. The Morgan fingerprint density at radius 3 is 2.48 bits per heavy atom. The van der Waals surface area contributed by atoms with Crippen molar-refractivity contribution in [1.29, 1.82) is 0 Å². The molecular weight excluding hydrogens is 322 g/mol. The minimum atomic E-state index is -0.127. The first kappa shape index (κ1) is 19.1. The standard InChI is InChI=1S/C18H27N3O4/c1-12(2)18(21-17(23)11-20-10-16(22)19-3)13-5-6-14-15(9-13)25-8-4-7-24-14/h5-6,9,12,18,20H,4,7-8,10-11H2,1-3H3,(H,19,22)(H,21,23)/p+1/t18-/m0/s1. The molecule has 0 bridgehead atoms. The van der Waals surface area contributed by atoms with Gasteiger partial charge in [-0.25, -0.2) is 0 Å². The van der Waals surface area contributed by atoms with Gasteiger partial charge in [0.05, 0.1) is 19.3 Å². The summed E-state index contributed by atoms with van der Waals surface area (Å²) < 4.78 is 11.4. The second-order valence-corrected chi connectivity index (χ2v) is 6.42. The van der Waals surface area contributed by atoms with E-state index in [9.17, 15) is 9.59 Å². The van der Waals surface area contributed by atoms with Crippen molar-refractivity contribution in [2.24, 2.45) is 5.92 Å². The van der Waals surface area contributed by atoms with E-state index in [2.05, 4.69) is 24.5 Å². The van der Waals surface area contributed by atoms with Crippen LogP contribution in [0.25, 0.3) is 0 Å². The summed E-state index contributed by atoms with van der Waals surface area (Å²) in [5.74, 6) is 1.48. The molecular formula is C18H28N3O4+. The van der Waals surface area contributed by atoms with Crippen molar-refractivity contribution < 1.29 is 24.4 Å². The van der Waals surface area contributed by atoms with Gasteiger partial charge in [-0.1, -0.05) is 19.9 Å². The predicted molar refractivity (Wildman–Crippen MR) is 93.5 cm³/mol. The number of amides is 2. The first-order valence-corrected chi connectivity index (χ1v) is 8.72. The molecule has 25 heavy (non-hydrogen) atoms. The molecule has 0 aliphatic carbocycles. The number of ether oxygens (including phenoxy) is 2. The number of nitrogens with two attached hydrogens (primary N) is 1. The summed E-state index contributed by atoms with van der Waals surface area (Å²) in [4.78, 5) is 23.4. The van der Waals surface area contributed by atoms with Crippen molar-refractivity contribution in [1.82, 2.24) is 10.6 Å². The van der Waals surface area contributed by atoms with E-state index in [1.165, 1.54) is 0 Å². The number of fused-ring (bicyclic) bond motifs is 1. The van der Waals surface area contributed by atoms with Gasteiger partial charge in [0.25, 0.3) is 11.8 Å². The third-order valence-corrected chi connectivity index (χ3v) is 4.05. The van der Waals surface area contributed by atoms with Gasteiger partial charge in [0.1, 0.15) is 0 Å². The first-order chi connectivity index (χ1) is 12.0. The predicted octanol–water partition coefficient (Wildman–Crippen LogP) is -0.0294. The summed E-state index contributed by atoms with van der Waals surface area (Å²) in [6.45, 7) is 5.84. The second-order valence-electron chi connectivity index (χ2n) is 6.42. The van der Waals surface area contributed by atoms with Gasteiger partial charge >= 0.3 is 0 Å². The first-order valence-electron chi connectivity index (χ1n) is 8.72. The largest absolute Gasteiger partial charge is 0.490 e. The summed E-state index contributed by atoms with van der Waals surface area (Å²) in [6.07, 6.45) is 0.857. The second kappa shape index (κ2) is 9.27. The zero-order valence-corrected chi connectivity index (χ0v) is 15.1. The van der Waals surface area contributed by atoms with Gasteiger partial charge in [0.2, 0.25) is 0 Å². The van der Waals surface area contributed by atoms with E-state index in [1.807, 2.05) is 18.2 Å². The molecule has 1 atom stereocenters. The van der Waals surface area contributed by atoms with Gasteiger partial charge in [0, 0.05) is 13.5 Å². The average molecular weight is 350 g/mol. The highest BCUT2D eigenvalue weighted by atomic mass is 16.5. The van der Waals surface area contributed by atoms with Crippen LogP contribution in [-0.4, -0.2) is 45.2 Å². The summed E-state index contributed by atoms with van der Waals surface area (Å²) >= 11 is 0. The van der Waals surface area contributed by atoms with Gasteiger partial charge in [0.15, 0.2) is 24.6 Å². The molecule has 0 saturated heterocycles. The Morgan fingerprint density at radius 2 is 1.80 bits per heavy atom. The topological polar surface area (TPSA) is 93.3 Å². The van der Waals surface area contributed by atoms with Crippen molar-refractivity contribution in [2.45, 2.75) is 26.3 Å². The molecule has 0 fully saturated rings. The van der Waals surface area contributed by atoms with Crippen LogP contribution in [0.4, 0.5) is 0 Å². The summed E-state index contributed by atoms with van der Waals surface area (Å²) in [7, 11) is 1.58. The van der Waals surface area contributed by atoms with Crippen LogP contribution in [0.1, 0.15) is 31.9 Å². The van der Waals surface area contributed by atoms with Crippen LogP contribution >= 0.6 is 0 Å². The molecule has 7 heteroatoms. The maximum absolute atomic E-state index is 12.2. The van der Waals surface area contributed by atoms with Crippen molar-refractivity contribution in [3.05, 3.63) is 23.8 Å². The lowest BCUT2D eigenvalue weighted by atomic mass is 9.95. The number of quaternary nitrogens is 1. The van der Waals surface area contributed by atoms with Crippen molar-refractivity contribution in [3.63, 3.8) is 0 Å². The normalized spacial score (nSPS) is 14.6. The van der Waals surface area contributed by atoms with E-state index < -0.39 is 0 Å². The van der Waals surface area contributed by atoms with Gasteiger partial charge in [-0.15, -0.1) is 0 Å². The van der Waals surface area contributed by atoms with Gasteiger partial charge in [-0.05, 0) is 23.6 Å². The van der Waals surface area contributed by atoms with Crippen LogP contribution in [0.15, 0.2) is 18.2 Å². The lowest BCUT2D eigenvalue weighted by Crippen LogP contribution is -2.88. The number of rotatable bonds is 7. The summed E-state index contributed by atoms with van der Waals surface area (Å²) in [6, 6.07) is 5.68. The number of hydrogen-bond donors (Lipinski definition) is 3. The van der Waals surface area contributed by atoms with Crippen LogP contribution in [-0.2, 0) is 9.59 Å². The zero-order chi connectivity index (χ0) is 18.2. The van der Waals surface area contributed by atoms with E-state index in [4.69, 9.17) is 9.47 Å². The lowest BCUT2D eigenvalue weighted by Gasteiger charge is -2.23. The number of hydrogen-bond acceptors (Lipinski definition) is 4. The number of nitrogens with one attached hydrogen (secondary N) is 2. The molecule has 0 radical (unpaired) electrons. The van der Waals surface area contributed by atoms with Crippen LogP contribution in [0.5, 0.6) is 11.5 Å². The number of carbonyl (C=O) groups excluding carboxylic acids is 2. The van der Waals surface area contributed by atoms with Crippen LogP contribution in [0.3, 0.4) is 0 Å². The SMILES string of the molecule is CNC(=O)C[NH2+]CC(=O)N[C@H](c1ccc2c(c1)OCCCO2)C(C)C. The Hall–Kier alpha value is -2.28. The van der Waals surface area contributed by atoms with E-state index in [-0.39, 0.29) is 36.9 Å². The van der Waals surface area contributed by atoms with Gasteiger partial charge in [-0.3, -0.25) is 9.59 Å². The van der Waals surface area contributed by atoms with E-state index in [0.717, 1.165) is 23.5 Å². The fourth-order valence-electron chi connectivity index (χ4n) is 2.68. The fraction of sp³-hybridized carbons (Fsp3) is 0.556. The van der Waals surface area contributed by atoms with Crippen LogP contribution in [0.2, 0.25) is 0 Å². The van der Waals surface area contributed by atoms with E-state index in [0.29, 0.717) is 13.2 Å². The monoisotopic (exact) mass is 350 g/mol. The number of benzene rings is 1. The fourth-order valence-corrected chi connectivity index (χ4v) is 2.68. The Morgan fingerprint density at radius 1 is 1.12 bits per heavy atom. The number of likely N-dealkylation sites (N-methyl/N-ethyl adjacent to an activating group) is 1. The Labute approximate surface area is 148 Å². The van der Waals surface area contributed by atoms with Crippen molar-refractivity contribution in [2.75, 3.05) is 33.4 Å². The molecule has 0 aromatic heterocycles. The molecule has 1 aromatic rings. The molecule has 0 spiro atoms. The lowest BCUT2D eigenvalue weighted by molar-refractivity contribution is -0.633. The summed E-state index contributed by atoms with van der Waals surface area (Å²) in [5.41, 5.74) is 0.985. The molecule has 1 aliphatic rings. The highest BCUT2D eigenvalue weighted by Gasteiger charge is 2.21. The van der Waals surface area contributed by atoms with Crippen molar-refractivity contribution >= 4 is 11.8 Å². The molecule has 138 valence electrons. The molecule has 2 rings (SSSR count). The molecule has 1 aliphatic heterocycles. The maximum Gasteiger partial charge on any atom is 0.275 e. The maximum atomic E-state index is 12.2. The Balaban J connectivity index is 2.01. The molecule has 0 unspecified atom stereocenters. The van der Waals surface area contributed by atoms with Gasteiger partial charge < -0.3 is 25.4 Å². The minimum absolute atomic E-state index is 0.101. The highest BCUT2D eigenvalue weighted by Crippen LogP contribution is 2.34. The molecule has 4 N–H and O–H groups in total. The Bertz CT molecular complexity index is 604. The molecule has 1 aromatic carbocycles. The molecule has 1 heterocycles. The smallest absolute Gasteiger partial charge is 0.275 e. The Kier molecular flexibility index (Phi) is 7.06. The van der Waals surface area contributed by atoms with Crippen molar-refractivity contribution in [3.8, 4) is 11.5 Å². The van der Waals surface area contributed by atoms with E-state index >= 15 is 0 Å². The van der Waals surface area contributed by atoms with Crippen LogP contribution in [0, 0.1) is 5.92 Å². The van der Waals surface area contributed by atoms with Crippen LogP contribution < -0.4 is 25.4 Å². The molecule has 7 nitrogen and oxygen atoms in total. The molecule has 2 amide bonds. The third kappa shape index (κ3) is 5.63. The van der Waals surface area contributed by atoms with Gasteiger partial charge in [-0.2, -0.15) is 0 Å². The third-order valence-electron chi connectivity index (χ3n) is 4.05. The molecule has 0 saturated carbocycles.